The summed E-state index contributed by atoms with van der Waals surface area (Å²) in [7, 11) is 0. The predicted octanol–water partition coefficient (Wildman–Crippen LogP) is 5.94. The molecule has 2 aromatic carbocycles. The number of rotatable bonds is 6. The molecule has 0 aliphatic carbocycles. The standard InChI is InChI=1S/C26H25N3O2/c1-4-7-21(26(30)31)23-17(3)28-25(29-24(23)18-13-11-16(2)12-14-18)20-8-5-10-22-19(20)9-6-15-27-22/h5-6,8-15,21H,4,7H2,1-3H3,(H,30,31). The highest BCUT2D eigenvalue weighted by molar-refractivity contribution is 5.93. The number of hydrogen-bond acceptors (Lipinski definition) is 4. The number of pyridine rings is 1. The third kappa shape index (κ3) is 4.04. The van der Waals surface area contributed by atoms with Gasteiger partial charge in [-0.25, -0.2) is 9.97 Å². The number of aliphatic carboxylic acids is 1. The first kappa shape index (κ1) is 20.7. The Morgan fingerprint density at radius 1 is 1.00 bits per heavy atom. The molecule has 4 aromatic rings. The van der Waals surface area contributed by atoms with Gasteiger partial charge in [0.25, 0.3) is 0 Å². The highest BCUT2D eigenvalue weighted by Gasteiger charge is 2.27. The minimum absolute atomic E-state index is 0.538. The zero-order valence-corrected chi connectivity index (χ0v) is 18.0. The molecule has 0 amide bonds. The van der Waals surface area contributed by atoms with Crippen molar-refractivity contribution in [3.05, 3.63) is 77.6 Å². The van der Waals surface area contributed by atoms with Crippen LogP contribution < -0.4 is 0 Å². The Balaban J connectivity index is 2.00. The first-order valence-electron chi connectivity index (χ1n) is 10.5. The van der Waals surface area contributed by atoms with E-state index >= 15 is 0 Å². The van der Waals surface area contributed by atoms with Crippen molar-refractivity contribution in [1.82, 2.24) is 15.0 Å². The fraction of sp³-hybridized carbons (Fsp3) is 0.231. The fourth-order valence-corrected chi connectivity index (χ4v) is 4.03. The lowest BCUT2D eigenvalue weighted by molar-refractivity contribution is -0.139. The Hall–Kier alpha value is -3.60. The molecule has 0 aliphatic heterocycles. The Bertz CT molecular complexity index is 1240. The van der Waals surface area contributed by atoms with Crippen molar-refractivity contribution in [3.8, 4) is 22.6 Å². The van der Waals surface area contributed by atoms with Crippen LogP contribution in [0, 0.1) is 13.8 Å². The second-order valence-electron chi connectivity index (χ2n) is 7.82. The summed E-state index contributed by atoms with van der Waals surface area (Å²) < 4.78 is 0. The summed E-state index contributed by atoms with van der Waals surface area (Å²) in [6.45, 7) is 5.91. The summed E-state index contributed by atoms with van der Waals surface area (Å²) >= 11 is 0. The van der Waals surface area contributed by atoms with Crippen molar-refractivity contribution in [2.75, 3.05) is 0 Å². The van der Waals surface area contributed by atoms with Gasteiger partial charge in [0.05, 0.1) is 17.1 Å². The van der Waals surface area contributed by atoms with E-state index in [1.165, 1.54) is 0 Å². The third-order valence-electron chi connectivity index (χ3n) is 5.57. The van der Waals surface area contributed by atoms with Crippen LogP contribution in [0.15, 0.2) is 60.8 Å². The van der Waals surface area contributed by atoms with Crippen molar-refractivity contribution in [1.29, 1.82) is 0 Å². The van der Waals surface area contributed by atoms with Crippen LogP contribution >= 0.6 is 0 Å². The number of aromatic nitrogens is 3. The van der Waals surface area contributed by atoms with Gasteiger partial charge in [0.2, 0.25) is 0 Å². The Labute approximate surface area is 181 Å². The maximum atomic E-state index is 12.1. The number of carbonyl (C=O) groups is 1. The lowest BCUT2D eigenvalue weighted by atomic mass is 9.89. The molecule has 0 saturated heterocycles. The van der Waals surface area contributed by atoms with Crippen LogP contribution in [0.5, 0.6) is 0 Å². The number of nitrogens with zero attached hydrogens (tertiary/aromatic N) is 3. The quantitative estimate of drug-likeness (QED) is 0.425. The van der Waals surface area contributed by atoms with Crippen LogP contribution in [-0.4, -0.2) is 26.0 Å². The normalized spacial score (nSPS) is 12.1. The molecule has 156 valence electrons. The van der Waals surface area contributed by atoms with Crippen molar-refractivity contribution in [2.24, 2.45) is 0 Å². The van der Waals surface area contributed by atoms with Gasteiger partial charge in [-0.05, 0) is 32.4 Å². The number of aryl methyl sites for hydroxylation is 2. The van der Waals surface area contributed by atoms with Gasteiger partial charge in [0.1, 0.15) is 0 Å². The number of benzene rings is 2. The largest absolute Gasteiger partial charge is 0.481 e. The molecule has 0 saturated carbocycles. The van der Waals surface area contributed by atoms with E-state index in [1.54, 1.807) is 6.20 Å². The molecule has 5 heteroatoms. The van der Waals surface area contributed by atoms with Crippen LogP contribution in [0.2, 0.25) is 0 Å². The van der Waals surface area contributed by atoms with Crippen LogP contribution in [-0.2, 0) is 4.79 Å². The summed E-state index contributed by atoms with van der Waals surface area (Å²) in [5, 5.41) is 10.9. The Morgan fingerprint density at radius 3 is 2.48 bits per heavy atom. The van der Waals surface area contributed by atoms with Crippen LogP contribution in [0.25, 0.3) is 33.5 Å². The smallest absolute Gasteiger partial charge is 0.311 e. The SMILES string of the molecule is CCCC(C(=O)O)c1c(C)nc(-c2cccc3ncccc23)nc1-c1ccc(C)cc1. The van der Waals surface area contributed by atoms with Gasteiger partial charge < -0.3 is 5.11 Å². The maximum Gasteiger partial charge on any atom is 0.311 e. The summed E-state index contributed by atoms with van der Waals surface area (Å²) in [5.74, 6) is -0.912. The van der Waals surface area contributed by atoms with Gasteiger partial charge in [-0.3, -0.25) is 9.78 Å². The van der Waals surface area contributed by atoms with Gasteiger partial charge in [-0.2, -0.15) is 0 Å². The van der Waals surface area contributed by atoms with Crippen LogP contribution in [0.1, 0.15) is 42.5 Å². The van der Waals surface area contributed by atoms with Crippen molar-refractivity contribution in [3.63, 3.8) is 0 Å². The van der Waals surface area contributed by atoms with E-state index in [9.17, 15) is 9.90 Å². The molecule has 0 radical (unpaired) electrons. The highest BCUT2D eigenvalue weighted by Crippen LogP contribution is 2.35. The molecule has 1 unspecified atom stereocenters. The first-order valence-corrected chi connectivity index (χ1v) is 10.5. The molecule has 2 heterocycles. The molecular weight excluding hydrogens is 386 g/mol. The van der Waals surface area contributed by atoms with E-state index < -0.39 is 11.9 Å². The second-order valence-corrected chi connectivity index (χ2v) is 7.82. The maximum absolute atomic E-state index is 12.1. The number of carboxylic acid groups (broad SMARTS) is 1. The third-order valence-corrected chi connectivity index (χ3v) is 5.57. The number of carboxylic acids is 1. The summed E-state index contributed by atoms with van der Waals surface area (Å²) in [6.07, 6.45) is 3.07. The monoisotopic (exact) mass is 411 g/mol. The molecule has 31 heavy (non-hydrogen) atoms. The van der Waals surface area contributed by atoms with Gasteiger partial charge in [-0.1, -0.05) is 61.4 Å². The Kier molecular flexibility index (Phi) is 5.76. The molecular formula is C26H25N3O2. The van der Waals surface area contributed by atoms with Crippen LogP contribution in [0.4, 0.5) is 0 Å². The molecule has 0 bridgehead atoms. The number of hydrogen-bond donors (Lipinski definition) is 1. The van der Waals surface area contributed by atoms with E-state index in [2.05, 4.69) is 4.98 Å². The average molecular weight is 412 g/mol. The van der Waals surface area contributed by atoms with E-state index in [-0.39, 0.29) is 0 Å². The van der Waals surface area contributed by atoms with Crippen molar-refractivity contribution < 1.29 is 9.90 Å². The highest BCUT2D eigenvalue weighted by atomic mass is 16.4. The molecule has 5 nitrogen and oxygen atoms in total. The van der Waals surface area contributed by atoms with Crippen molar-refractivity contribution >= 4 is 16.9 Å². The van der Waals surface area contributed by atoms with Gasteiger partial charge in [0.15, 0.2) is 5.82 Å². The summed E-state index contributed by atoms with van der Waals surface area (Å²) in [6, 6.07) is 17.8. The summed E-state index contributed by atoms with van der Waals surface area (Å²) in [5.41, 5.74) is 5.87. The zero-order valence-electron chi connectivity index (χ0n) is 18.0. The average Bonchev–Trinajstić information content (AvgIpc) is 2.77. The van der Waals surface area contributed by atoms with Crippen LogP contribution in [0.3, 0.4) is 0 Å². The minimum Gasteiger partial charge on any atom is -0.481 e. The lowest BCUT2D eigenvalue weighted by Gasteiger charge is -2.19. The second kappa shape index (κ2) is 8.64. The van der Waals surface area contributed by atoms with E-state index in [1.807, 2.05) is 75.4 Å². The van der Waals surface area contributed by atoms with Gasteiger partial charge in [0, 0.05) is 34.0 Å². The molecule has 0 spiro atoms. The Morgan fingerprint density at radius 2 is 1.77 bits per heavy atom. The zero-order chi connectivity index (χ0) is 22.0. The number of fused-ring (bicyclic) bond motifs is 1. The van der Waals surface area contributed by atoms with Crippen molar-refractivity contribution in [2.45, 2.75) is 39.5 Å². The van der Waals surface area contributed by atoms with Gasteiger partial charge >= 0.3 is 5.97 Å². The summed E-state index contributed by atoms with van der Waals surface area (Å²) in [4.78, 5) is 26.3. The molecule has 0 fully saturated rings. The van der Waals surface area contributed by atoms with E-state index in [4.69, 9.17) is 9.97 Å². The fourth-order valence-electron chi connectivity index (χ4n) is 4.03. The first-order chi connectivity index (χ1) is 15.0. The van der Waals surface area contributed by atoms with Gasteiger partial charge in [-0.15, -0.1) is 0 Å². The van der Waals surface area contributed by atoms with E-state index in [0.29, 0.717) is 29.2 Å². The molecule has 4 rings (SSSR count). The topological polar surface area (TPSA) is 76.0 Å². The molecule has 1 atom stereocenters. The molecule has 1 N–H and O–H groups in total. The predicted molar refractivity (Wildman–Crippen MR) is 123 cm³/mol. The molecule has 0 aliphatic rings. The molecule has 2 aromatic heterocycles. The lowest BCUT2D eigenvalue weighted by Crippen LogP contribution is -2.16. The minimum atomic E-state index is -0.843. The van der Waals surface area contributed by atoms with E-state index in [0.717, 1.165) is 34.0 Å².